The Morgan fingerprint density at radius 3 is 2.33 bits per heavy atom. The van der Waals surface area contributed by atoms with Crippen LogP contribution in [0.3, 0.4) is 0 Å². The molecular formula is C18H22ClNO. The Balaban J connectivity index is 2.20. The molecule has 1 N–H and O–H groups in total. The minimum atomic E-state index is 0.166. The summed E-state index contributed by atoms with van der Waals surface area (Å²) in [4.78, 5) is 0. The lowest BCUT2D eigenvalue weighted by Crippen LogP contribution is -2.23. The van der Waals surface area contributed by atoms with Crippen molar-refractivity contribution in [3.63, 3.8) is 0 Å². The molecule has 112 valence electrons. The van der Waals surface area contributed by atoms with Gasteiger partial charge in [-0.2, -0.15) is 0 Å². The molecule has 0 saturated heterocycles. The van der Waals surface area contributed by atoms with E-state index in [2.05, 4.69) is 44.3 Å². The number of nitrogens with one attached hydrogen (secondary N) is 1. The molecular weight excluding hydrogens is 282 g/mol. The van der Waals surface area contributed by atoms with Crippen molar-refractivity contribution in [1.82, 2.24) is 5.32 Å². The van der Waals surface area contributed by atoms with Crippen molar-refractivity contribution in [3.05, 3.63) is 64.2 Å². The summed E-state index contributed by atoms with van der Waals surface area (Å²) in [6.07, 6.45) is 0. The Hall–Kier alpha value is -1.51. The Labute approximate surface area is 132 Å². The van der Waals surface area contributed by atoms with E-state index in [1.165, 1.54) is 5.56 Å². The second-order valence-corrected chi connectivity index (χ2v) is 5.78. The molecule has 0 aliphatic carbocycles. The fraction of sp³-hybridized carbons (Fsp3) is 0.333. The molecule has 0 aromatic heterocycles. The van der Waals surface area contributed by atoms with E-state index in [4.69, 9.17) is 16.3 Å². The summed E-state index contributed by atoms with van der Waals surface area (Å²) in [5.41, 5.74) is 3.50. The highest BCUT2D eigenvalue weighted by Gasteiger charge is 2.16. The van der Waals surface area contributed by atoms with Crippen molar-refractivity contribution < 1.29 is 4.74 Å². The van der Waals surface area contributed by atoms with E-state index in [0.717, 1.165) is 21.9 Å². The number of methoxy groups -OCH3 is 1. The number of rotatable bonds is 5. The van der Waals surface area contributed by atoms with Gasteiger partial charge in [-0.1, -0.05) is 47.5 Å². The lowest BCUT2D eigenvalue weighted by atomic mass is 10.0. The zero-order valence-corrected chi connectivity index (χ0v) is 13.7. The van der Waals surface area contributed by atoms with Crippen LogP contribution in [-0.2, 0) is 0 Å². The molecule has 0 amide bonds. The number of benzene rings is 2. The fourth-order valence-electron chi connectivity index (χ4n) is 2.57. The zero-order valence-electron chi connectivity index (χ0n) is 13.0. The first-order chi connectivity index (χ1) is 10.0. The second kappa shape index (κ2) is 6.97. The standard InChI is InChI=1S/C18H22ClNO/c1-12-9-10-18(21-4)16(11-12)14(3)20-13(2)15-7-5-6-8-17(15)19/h5-11,13-14,20H,1-4H3/t13-,14?/m1/s1. The second-order valence-electron chi connectivity index (χ2n) is 5.38. The molecule has 0 radical (unpaired) electrons. The first kappa shape index (κ1) is 15.9. The highest BCUT2D eigenvalue weighted by molar-refractivity contribution is 6.31. The molecule has 0 aliphatic heterocycles. The van der Waals surface area contributed by atoms with Gasteiger partial charge in [0.2, 0.25) is 0 Å². The smallest absolute Gasteiger partial charge is 0.123 e. The van der Waals surface area contributed by atoms with Crippen LogP contribution in [0.2, 0.25) is 5.02 Å². The molecule has 2 atom stereocenters. The van der Waals surface area contributed by atoms with Crippen LogP contribution in [-0.4, -0.2) is 7.11 Å². The van der Waals surface area contributed by atoms with Crippen LogP contribution in [0.1, 0.15) is 42.6 Å². The molecule has 2 aromatic rings. The molecule has 0 fully saturated rings. The van der Waals surface area contributed by atoms with Crippen LogP contribution in [0.25, 0.3) is 0 Å². The van der Waals surface area contributed by atoms with Gasteiger partial charge in [-0.05, 0) is 38.5 Å². The van der Waals surface area contributed by atoms with Gasteiger partial charge in [0.25, 0.3) is 0 Å². The number of aryl methyl sites for hydroxylation is 1. The molecule has 2 nitrogen and oxygen atoms in total. The Morgan fingerprint density at radius 1 is 1.00 bits per heavy atom. The van der Waals surface area contributed by atoms with Gasteiger partial charge in [0.1, 0.15) is 5.75 Å². The lowest BCUT2D eigenvalue weighted by molar-refractivity contribution is 0.396. The summed E-state index contributed by atoms with van der Waals surface area (Å²) >= 11 is 6.27. The molecule has 0 spiro atoms. The quantitative estimate of drug-likeness (QED) is 0.832. The van der Waals surface area contributed by atoms with Crippen LogP contribution >= 0.6 is 11.6 Å². The van der Waals surface area contributed by atoms with E-state index >= 15 is 0 Å². The number of ether oxygens (including phenoxy) is 1. The van der Waals surface area contributed by atoms with E-state index in [1.54, 1.807) is 7.11 Å². The third-order valence-electron chi connectivity index (χ3n) is 3.72. The van der Waals surface area contributed by atoms with E-state index in [9.17, 15) is 0 Å². The number of halogens is 1. The predicted octanol–water partition coefficient (Wildman–Crippen LogP) is 5.07. The summed E-state index contributed by atoms with van der Waals surface area (Å²) in [7, 11) is 1.71. The van der Waals surface area contributed by atoms with Crippen LogP contribution in [0.15, 0.2) is 42.5 Å². The van der Waals surface area contributed by atoms with E-state index in [-0.39, 0.29) is 12.1 Å². The van der Waals surface area contributed by atoms with E-state index < -0.39 is 0 Å². The van der Waals surface area contributed by atoms with Gasteiger partial charge in [0, 0.05) is 22.7 Å². The van der Waals surface area contributed by atoms with Crippen molar-refractivity contribution in [2.24, 2.45) is 0 Å². The molecule has 1 unspecified atom stereocenters. The average Bonchev–Trinajstić information content (AvgIpc) is 2.47. The fourth-order valence-corrected chi connectivity index (χ4v) is 2.87. The van der Waals surface area contributed by atoms with Crippen molar-refractivity contribution in [1.29, 1.82) is 0 Å². The Morgan fingerprint density at radius 2 is 1.67 bits per heavy atom. The molecule has 2 aromatic carbocycles. The van der Waals surface area contributed by atoms with Crippen LogP contribution in [0.5, 0.6) is 5.75 Å². The largest absolute Gasteiger partial charge is 0.496 e. The van der Waals surface area contributed by atoms with Crippen LogP contribution < -0.4 is 10.1 Å². The van der Waals surface area contributed by atoms with Crippen LogP contribution in [0, 0.1) is 6.92 Å². The highest BCUT2D eigenvalue weighted by Crippen LogP contribution is 2.29. The summed E-state index contributed by atoms with van der Waals surface area (Å²) in [6, 6.07) is 14.5. The maximum absolute atomic E-state index is 6.27. The van der Waals surface area contributed by atoms with Crippen molar-refractivity contribution in [2.75, 3.05) is 7.11 Å². The summed E-state index contributed by atoms with van der Waals surface area (Å²) in [5, 5.41) is 4.38. The molecule has 0 heterocycles. The SMILES string of the molecule is COc1ccc(C)cc1C(C)N[C@H](C)c1ccccc1Cl. The predicted molar refractivity (Wildman–Crippen MR) is 89.1 cm³/mol. The van der Waals surface area contributed by atoms with Gasteiger partial charge in [-0.15, -0.1) is 0 Å². The first-order valence-corrected chi connectivity index (χ1v) is 7.55. The van der Waals surface area contributed by atoms with Gasteiger partial charge in [-0.25, -0.2) is 0 Å². The molecule has 0 bridgehead atoms. The maximum Gasteiger partial charge on any atom is 0.123 e. The highest BCUT2D eigenvalue weighted by atomic mass is 35.5. The molecule has 21 heavy (non-hydrogen) atoms. The number of hydrogen-bond donors (Lipinski definition) is 1. The topological polar surface area (TPSA) is 21.3 Å². The third-order valence-corrected chi connectivity index (χ3v) is 4.07. The Bertz CT molecular complexity index is 612. The van der Waals surface area contributed by atoms with Crippen molar-refractivity contribution >= 4 is 11.6 Å². The molecule has 2 rings (SSSR count). The molecule has 3 heteroatoms. The minimum Gasteiger partial charge on any atom is -0.496 e. The van der Waals surface area contributed by atoms with Crippen molar-refractivity contribution in [2.45, 2.75) is 32.9 Å². The van der Waals surface area contributed by atoms with Gasteiger partial charge in [-0.3, -0.25) is 0 Å². The molecule has 0 aliphatic rings. The summed E-state index contributed by atoms with van der Waals surface area (Å²) in [6.45, 7) is 6.36. The summed E-state index contributed by atoms with van der Waals surface area (Å²) in [5.74, 6) is 0.909. The van der Waals surface area contributed by atoms with Crippen molar-refractivity contribution in [3.8, 4) is 5.75 Å². The normalized spacial score (nSPS) is 13.8. The minimum absolute atomic E-state index is 0.166. The van der Waals surface area contributed by atoms with Gasteiger partial charge in [0.15, 0.2) is 0 Å². The van der Waals surface area contributed by atoms with Crippen LogP contribution in [0.4, 0.5) is 0 Å². The number of hydrogen-bond acceptors (Lipinski definition) is 2. The van der Waals surface area contributed by atoms with Gasteiger partial charge in [0.05, 0.1) is 7.11 Å². The van der Waals surface area contributed by atoms with Gasteiger partial charge < -0.3 is 10.1 Å². The first-order valence-electron chi connectivity index (χ1n) is 7.18. The average molecular weight is 304 g/mol. The van der Waals surface area contributed by atoms with E-state index in [0.29, 0.717) is 0 Å². The summed E-state index contributed by atoms with van der Waals surface area (Å²) < 4.78 is 5.47. The van der Waals surface area contributed by atoms with E-state index in [1.807, 2.05) is 24.3 Å². The zero-order chi connectivity index (χ0) is 15.4. The Kier molecular flexibility index (Phi) is 5.27. The third kappa shape index (κ3) is 3.78. The maximum atomic E-state index is 6.27. The molecule has 0 saturated carbocycles. The lowest BCUT2D eigenvalue weighted by Gasteiger charge is -2.23. The monoisotopic (exact) mass is 303 g/mol. The van der Waals surface area contributed by atoms with Gasteiger partial charge >= 0.3 is 0 Å².